The average Bonchev–Trinajstić information content (AvgIpc) is 2.20. The van der Waals surface area contributed by atoms with Crippen LogP contribution in [0.25, 0.3) is 0 Å². The van der Waals surface area contributed by atoms with Crippen LogP contribution in [-0.4, -0.2) is 22.0 Å². The molecule has 0 radical (unpaired) electrons. The van der Waals surface area contributed by atoms with Crippen molar-refractivity contribution in [2.45, 2.75) is 12.5 Å². The maximum absolute atomic E-state index is 10.5. The number of carboxylic acid groups (broad SMARTS) is 1. The number of rotatable bonds is 4. The summed E-state index contributed by atoms with van der Waals surface area (Å²) < 4.78 is 0. The second-order valence-corrected chi connectivity index (χ2v) is 3.59. The number of nitrogens with two attached hydrogens (primary N) is 1. The van der Waals surface area contributed by atoms with Crippen LogP contribution in [0.3, 0.4) is 0 Å². The van der Waals surface area contributed by atoms with Crippen LogP contribution in [0, 0.1) is 10.1 Å². The number of carbonyl (C=O) groups is 1. The van der Waals surface area contributed by atoms with Gasteiger partial charge in [-0.2, -0.15) is 0 Å². The van der Waals surface area contributed by atoms with E-state index in [-0.39, 0.29) is 17.1 Å². The summed E-state index contributed by atoms with van der Waals surface area (Å²) >= 11 is 5.78. The molecule has 0 amide bonds. The molecule has 0 bridgehead atoms. The fraction of sp³-hybridized carbons (Fsp3) is 0.222. The van der Waals surface area contributed by atoms with E-state index in [0.29, 0.717) is 5.56 Å². The highest BCUT2D eigenvalue weighted by Gasteiger charge is 2.16. The third-order valence-electron chi connectivity index (χ3n) is 2.00. The Labute approximate surface area is 95.8 Å². The van der Waals surface area contributed by atoms with Gasteiger partial charge in [0, 0.05) is 17.2 Å². The number of aliphatic carboxylic acids is 1. The molecular weight excluding hydrogens is 236 g/mol. The van der Waals surface area contributed by atoms with Gasteiger partial charge in [0.1, 0.15) is 6.04 Å². The van der Waals surface area contributed by atoms with E-state index in [1.807, 2.05) is 0 Å². The first-order valence-electron chi connectivity index (χ1n) is 4.33. The minimum absolute atomic E-state index is 0.0458. The average molecular weight is 245 g/mol. The zero-order chi connectivity index (χ0) is 12.3. The zero-order valence-electron chi connectivity index (χ0n) is 8.09. The number of nitro groups is 1. The van der Waals surface area contributed by atoms with Gasteiger partial charge in [-0.3, -0.25) is 14.9 Å². The predicted molar refractivity (Wildman–Crippen MR) is 57.4 cm³/mol. The van der Waals surface area contributed by atoms with Gasteiger partial charge in [0.15, 0.2) is 0 Å². The Morgan fingerprint density at radius 2 is 2.25 bits per heavy atom. The number of halogens is 1. The van der Waals surface area contributed by atoms with Gasteiger partial charge in [-0.25, -0.2) is 0 Å². The molecule has 16 heavy (non-hydrogen) atoms. The van der Waals surface area contributed by atoms with Crippen molar-refractivity contribution in [1.29, 1.82) is 0 Å². The van der Waals surface area contributed by atoms with Crippen molar-refractivity contribution in [1.82, 2.24) is 0 Å². The van der Waals surface area contributed by atoms with Crippen molar-refractivity contribution >= 4 is 23.3 Å². The summed E-state index contributed by atoms with van der Waals surface area (Å²) in [7, 11) is 0. The third kappa shape index (κ3) is 2.91. The molecule has 3 N–H and O–H groups in total. The van der Waals surface area contributed by atoms with Crippen molar-refractivity contribution in [3.8, 4) is 0 Å². The summed E-state index contributed by atoms with van der Waals surface area (Å²) in [5.74, 6) is -1.18. The molecule has 1 atom stereocenters. The summed E-state index contributed by atoms with van der Waals surface area (Å²) in [6.45, 7) is 0. The Bertz CT molecular complexity index is 436. The molecular formula is C9H9ClN2O4. The third-order valence-corrected chi connectivity index (χ3v) is 2.37. The van der Waals surface area contributed by atoms with E-state index in [4.69, 9.17) is 22.4 Å². The minimum atomic E-state index is -1.18. The van der Waals surface area contributed by atoms with Gasteiger partial charge >= 0.3 is 5.97 Å². The van der Waals surface area contributed by atoms with Crippen molar-refractivity contribution in [3.05, 3.63) is 38.9 Å². The van der Waals surface area contributed by atoms with E-state index in [9.17, 15) is 14.9 Å². The van der Waals surface area contributed by atoms with Crippen molar-refractivity contribution in [2.24, 2.45) is 5.73 Å². The molecule has 0 saturated carbocycles. The Hall–Kier alpha value is -1.66. The van der Waals surface area contributed by atoms with Gasteiger partial charge in [0.05, 0.1) is 4.92 Å². The van der Waals surface area contributed by atoms with Gasteiger partial charge in [0.2, 0.25) is 0 Å². The lowest BCUT2D eigenvalue weighted by Crippen LogP contribution is -2.32. The molecule has 0 saturated heterocycles. The summed E-state index contributed by atoms with van der Waals surface area (Å²) in [6.07, 6.45) is -0.0458. The fourth-order valence-corrected chi connectivity index (χ4v) is 1.35. The molecule has 0 spiro atoms. The number of hydrogen-bond acceptors (Lipinski definition) is 4. The SMILES string of the molecule is NC(Cc1cc([N+](=O)[O-])ccc1Cl)C(=O)O. The number of benzene rings is 1. The highest BCUT2D eigenvalue weighted by Crippen LogP contribution is 2.22. The molecule has 1 aromatic rings. The second kappa shape index (κ2) is 4.91. The molecule has 6 nitrogen and oxygen atoms in total. The lowest BCUT2D eigenvalue weighted by atomic mass is 10.1. The van der Waals surface area contributed by atoms with Crippen LogP contribution in [0.1, 0.15) is 5.56 Å². The van der Waals surface area contributed by atoms with Crippen LogP contribution < -0.4 is 5.73 Å². The molecule has 1 unspecified atom stereocenters. The zero-order valence-corrected chi connectivity index (χ0v) is 8.85. The number of nitrogens with zero attached hydrogens (tertiary/aromatic N) is 1. The van der Waals surface area contributed by atoms with Gasteiger partial charge in [-0.15, -0.1) is 0 Å². The predicted octanol–water partition coefficient (Wildman–Crippen LogP) is 1.20. The van der Waals surface area contributed by atoms with Crippen LogP contribution in [0.15, 0.2) is 18.2 Å². The molecule has 0 aromatic heterocycles. The quantitative estimate of drug-likeness (QED) is 0.611. The fourth-order valence-electron chi connectivity index (χ4n) is 1.16. The smallest absolute Gasteiger partial charge is 0.320 e. The summed E-state index contributed by atoms with van der Waals surface area (Å²) in [5, 5.41) is 19.4. The molecule has 0 aliphatic carbocycles. The molecule has 1 rings (SSSR count). The molecule has 0 aliphatic rings. The summed E-state index contributed by atoms with van der Waals surface area (Å²) in [6, 6.07) is 2.70. The van der Waals surface area contributed by atoms with Gasteiger partial charge in [-0.1, -0.05) is 11.6 Å². The molecule has 0 fully saturated rings. The first-order chi connectivity index (χ1) is 7.41. The number of hydrogen-bond donors (Lipinski definition) is 2. The number of nitro benzene ring substituents is 1. The number of carboxylic acids is 1. The normalized spacial score (nSPS) is 12.1. The van der Waals surface area contributed by atoms with E-state index in [2.05, 4.69) is 0 Å². The maximum atomic E-state index is 10.5. The van der Waals surface area contributed by atoms with E-state index >= 15 is 0 Å². The van der Waals surface area contributed by atoms with Crippen LogP contribution in [0.5, 0.6) is 0 Å². The summed E-state index contributed by atoms with van der Waals surface area (Å²) in [5.41, 5.74) is 5.53. The second-order valence-electron chi connectivity index (χ2n) is 3.18. The number of non-ortho nitro benzene ring substituents is 1. The van der Waals surface area contributed by atoms with E-state index in [1.54, 1.807) is 0 Å². The lowest BCUT2D eigenvalue weighted by molar-refractivity contribution is -0.384. The monoisotopic (exact) mass is 244 g/mol. The van der Waals surface area contributed by atoms with E-state index < -0.39 is 16.9 Å². The minimum Gasteiger partial charge on any atom is -0.480 e. The van der Waals surface area contributed by atoms with Crippen molar-refractivity contribution < 1.29 is 14.8 Å². The summed E-state index contributed by atoms with van der Waals surface area (Å²) in [4.78, 5) is 20.5. The first kappa shape index (κ1) is 12.4. The Kier molecular flexibility index (Phi) is 3.81. The highest BCUT2D eigenvalue weighted by molar-refractivity contribution is 6.31. The van der Waals surface area contributed by atoms with Crippen LogP contribution in [0.4, 0.5) is 5.69 Å². The Morgan fingerprint density at radius 3 is 2.75 bits per heavy atom. The van der Waals surface area contributed by atoms with Gasteiger partial charge < -0.3 is 10.8 Å². The first-order valence-corrected chi connectivity index (χ1v) is 4.71. The maximum Gasteiger partial charge on any atom is 0.320 e. The van der Waals surface area contributed by atoms with Crippen molar-refractivity contribution in [2.75, 3.05) is 0 Å². The largest absolute Gasteiger partial charge is 0.480 e. The molecule has 0 aliphatic heterocycles. The lowest BCUT2D eigenvalue weighted by Gasteiger charge is -2.07. The Balaban J connectivity index is 2.98. The molecule has 7 heteroatoms. The van der Waals surface area contributed by atoms with Crippen LogP contribution in [0.2, 0.25) is 5.02 Å². The Morgan fingerprint density at radius 1 is 1.62 bits per heavy atom. The standard InChI is InChI=1S/C9H9ClN2O4/c10-7-2-1-6(12(15)16)3-5(7)4-8(11)9(13)14/h1-3,8H,4,11H2,(H,13,14). The van der Waals surface area contributed by atoms with Crippen molar-refractivity contribution in [3.63, 3.8) is 0 Å². The van der Waals surface area contributed by atoms with E-state index in [1.165, 1.54) is 18.2 Å². The van der Waals surface area contributed by atoms with Crippen LogP contribution >= 0.6 is 11.6 Å². The molecule has 86 valence electrons. The van der Waals surface area contributed by atoms with Crippen LogP contribution in [-0.2, 0) is 11.2 Å². The highest BCUT2D eigenvalue weighted by atomic mass is 35.5. The van der Waals surface area contributed by atoms with Gasteiger partial charge in [-0.05, 0) is 18.1 Å². The van der Waals surface area contributed by atoms with Gasteiger partial charge in [0.25, 0.3) is 5.69 Å². The van der Waals surface area contributed by atoms with E-state index in [0.717, 1.165) is 0 Å². The topological polar surface area (TPSA) is 106 Å². The molecule has 1 aromatic carbocycles. The molecule has 0 heterocycles.